The van der Waals surface area contributed by atoms with E-state index in [1.54, 1.807) is 5.01 Å². The summed E-state index contributed by atoms with van der Waals surface area (Å²) in [7, 11) is 0. The maximum atomic E-state index is 8.35. The van der Waals surface area contributed by atoms with Crippen molar-refractivity contribution in [2.24, 2.45) is 10.8 Å². The van der Waals surface area contributed by atoms with Gasteiger partial charge in [0.2, 0.25) is 0 Å². The highest BCUT2D eigenvalue weighted by Crippen LogP contribution is 1.90. The molecular formula is C5H8N4. The molecule has 0 saturated carbocycles. The number of aliphatic imine (C=N–C) groups is 1. The van der Waals surface area contributed by atoms with Gasteiger partial charge in [-0.15, -0.1) is 0 Å². The molecule has 1 heterocycles. The summed E-state index contributed by atoms with van der Waals surface area (Å²) in [5, 5.41) is 9.93. The smallest absolute Gasteiger partial charge is 0.127 e. The van der Waals surface area contributed by atoms with Gasteiger partial charge in [-0.05, 0) is 0 Å². The monoisotopic (exact) mass is 124 g/mol. The molecule has 0 amide bonds. The van der Waals surface area contributed by atoms with E-state index >= 15 is 0 Å². The van der Waals surface area contributed by atoms with Crippen molar-refractivity contribution in [3.05, 3.63) is 0 Å². The minimum Gasteiger partial charge on any atom is -0.276 e. The fourth-order valence-corrected chi connectivity index (χ4v) is 0.706. The Morgan fingerprint density at radius 1 is 1.78 bits per heavy atom. The second kappa shape index (κ2) is 2.58. The van der Waals surface area contributed by atoms with Crippen molar-refractivity contribution in [3.8, 4) is 6.07 Å². The van der Waals surface area contributed by atoms with Crippen LogP contribution in [0.25, 0.3) is 0 Å². The Labute approximate surface area is 53.6 Å². The highest BCUT2D eigenvalue weighted by molar-refractivity contribution is 6.00. The Hall–Kier alpha value is -0.920. The molecule has 0 aromatic heterocycles. The van der Waals surface area contributed by atoms with Crippen LogP contribution in [0.5, 0.6) is 0 Å². The van der Waals surface area contributed by atoms with Crippen molar-refractivity contribution < 1.29 is 0 Å². The van der Waals surface area contributed by atoms with Gasteiger partial charge in [-0.3, -0.25) is 10.8 Å². The largest absolute Gasteiger partial charge is 0.276 e. The molecule has 0 unspecified atom stereocenters. The molecule has 0 saturated heterocycles. The summed E-state index contributed by atoms with van der Waals surface area (Å²) >= 11 is 0. The van der Waals surface area contributed by atoms with Crippen LogP contribution in [0.2, 0.25) is 0 Å². The van der Waals surface area contributed by atoms with E-state index in [2.05, 4.69) is 4.99 Å². The molecule has 0 aliphatic carbocycles. The second-order valence-corrected chi connectivity index (χ2v) is 1.91. The summed E-state index contributed by atoms with van der Waals surface area (Å²) in [5.74, 6) is 5.40. The zero-order valence-corrected chi connectivity index (χ0v) is 5.04. The van der Waals surface area contributed by atoms with Crippen molar-refractivity contribution in [1.82, 2.24) is 5.01 Å². The molecule has 1 rings (SSSR count). The lowest BCUT2D eigenvalue weighted by Crippen LogP contribution is -2.40. The second-order valence-electron chi connectivity index (χ2n) is 1.91. The van der Waals surface area contributed by atoms with Crippen LogP contribution >= 0.6 is 0 Å². The molecule has 0 atom stereocenters. The maximum Gasteiger partial charge on any atom is 0.127 e. The van der Waals surface area contributed by atoms with E-state index in [4.69, 9.17) is 11.1 Å². The molecule has 0 spiro atoms. The van der Waals surface area contributed by atoms with Gasteiger partial charge in [0.15, 0.2) is 0 Å². The molecule has 2 N–H and O–H groups in total. The highest BCUT2D eigenvalue weighted by Gasteiger charge is 2.08. The lowest BCUT2D eigenvalue weighted by molar-refractivity contribution is 0.323. The van der Waals surface area contributed by atoms with E-state index in [1.165, 1.54) is 0 Å². The van der Waals surface area contributed by atoms with Gasteiger partial charge in [0.05, 0.1) is 13.1 Å². The van der Waals surface area contributed by atoms with Gasteiger partial charge in [-0.25, -0.2) is 5.01 Å². The van der Waals surface area contributed by atoms with E-state index in [9.17, 15) is 0 Å². The molecule has 0 aromatic carbocycles. The third kappa shape index (κ3) is 1.49. The van der Waals surface area contributed by atoms with Gasteiger partial charge in [0, 0.05) is 6.54 Å². The normalized spacial score (nSPS) is 20.7. The van der Waals surface area contributed by atoms with Crippen LogP contribution in [0.3, 0.4) is 0 Å². The van der Waals surface area contributed by atoms with Crippen LogP contribution < -0.4 is 5.84 Å². The molecule has 1 aliphatic heterocycles. The van der Waals surface area contributed by atoms with Gasteiger partial charge in [-0.1, -0.05) is 0 Å². The fraction of sp³-hybridized carbons (Fsp3) is 0.600. The average molecular weight is 124 g/mol. The number of nitrogens with two attached hydrogens (primary N) is 1. The summed E-state index contributed by atoms with van der Waals surface area (Å²) in [5.41, 5.74) is 0.531. The fourth-order valence-electron chi connectivity index (χ4n) is 0.706. The number of nitriles is 1. The van der Waals surface area contributed by atoms with E-state index < -0.39 is 0 Å². The van der Waals surface area contributed by atoms with E-state index in [-0.39, 0.29) is 0 Å². The summed E-state index contributed by atoms with van der Waals surface area (Å²) in [6, 6.07) is 1.96. The third-order valence-electron chi connectivity index (χ3n) is 1.17. The Morgan fingerprint density at radius 2 is 2.56 bits per heavy atom. The van der Waals surface area contributed by atoms with E-state index in [0.29, 0.717) is 18.8 Å². The first kappa shape index (κ1) is 6.20. The predicted octanol–water partition coefficient (Wildman–Crippen LogP) is -0.860. The first-order valence-electron chi connectivity index (χ1n) is 2.76. The highest BCUT2D eigenvalue weighted by atomic mass is 15.4. The van der Waals surface area contributed by atoms with Crippen LogP contribution in [0, 0.1) is 11.3 Å². The minimum atomic E-state index is 0.497. The molecule has 4 nitrogen and oxygen atoms in total. The van der Waals surface area contributed by atoms with Crippen molar-refractivity contribution in [2.75, 3.05) is 19.6 Å². The van der Waals surface area contributed by atoms with Crippen LogP contribution in [-0.4, -0.2) is 30.4 Å². The topological polar surface area (TPSA) is 65.4 Å². The molecular weight excluding hydrogens is 116 g/mol. The van der Waals surface area contributed by atoms with Gasteiger partial charge in [0.25, 0.3) is 0 Å². The van der Waals surface area contributed by atoms with Gasteiger partial charge in [0.1, 0.15) is 11.8 Å². The minimum absolute atomic E-state index is 0.497. The summed E-state index contributed by atoms with van der Waals surface area (Å²) in [4.78, 5) is 3.93. The summed E-state index contributed by atoms with van der Waals surface area (Å²) < 4.78 is 0. The van der Waals surface area contributed by atoms with Crippen LogP contribution in [0.4, 0.5) is 0 Å². The number of hydrogen-bond acceptors (Lipinski definition) is 4. The van der Waals surface area contributed by atoms with Crippen LogP contribution in [0.15, 0.2) is 4.99 Å². The average Bonchev–Trinajstić information content (AvgIpc) is 1.88. The van der Waals surface area contributed by atoms with Crippen molar-refractivity contribution in [3.63, 3.8) is 0 Å². The van der Waals surface area contributed by atoms with Crippen molar-refractivity contribution >= 4 is 5.71 Å². The molecule has 0 bridgehead atoms. The number of nitrogens with zero attached hydrogens (tertiary/aromatic N) is 3. The third-order valence-corrected chi connectivity index (χ3v) is 1.17. The number of hydrazine groups is 1. The quantitative estimate of drug-likeness (QED) is 0.427. The molecule has 4 heteroatoms. The predicted molar refractivity (Wildman–Crippen MR) is 33.7 cm³/mol. The Morgan fingerprint density at radius 3 is 3.00 bits per heavy atom. The first-order chi connectivity index (χ1) is 4.33. The zero-order valence-electron chi connectivity index (χ0n) is 5.04. The molecule has 0 fully saturated rings. The zero-order chi connectivity index (χ0) is 6.69. The van der Waals surface area contributed by atoms with Crippen molar-refractivity contribution in [1.29, 1.82) is 5.26 Å². The first-order valence-corrected chi connectivity index (χ1v) is 2.76. The standard InChI is InChI=1S/C5H8N4/c6-3-5-4-9(7)2-1-8-5/h1-2,4,7H2. The summed E-state index contributed by atoms with van der Waals surface area (Å²) in [6.45, 7) is 1.90. The lowest BCUT2D eigenvalue weighted by atomic mass is 10.3. The van der Waals surface area contributed by atoms with Gasteiger partial charge >= 0.3 is 0 Å². The number of hydrogen-bond donors (Lipinski definition) is 1. The molecule has 1 aliphatic rings. The molecule has 9 heavy (non-hydrogen) atoms. The van der Waals surface area contributed by atoms with Crippen LogP contribution in [-0.2, 0) is 0 Å². The van der Waals surface area contributed by atoms with E-state index in [1.807, 2.05) is 6.07 Å². The lowest BCUT2D eigenvalue weighted by Gasteiger charge is -2.17. The van der Waals surface area contributed by atoms with Crippen LogP contribution in [0.1, 0.15) is 0 Å². The SMILES string of the molecule is N#CC1=NCCN(N)C1. The molecule has 48 valence electrons. The summed E-state index contributed by atoms with van der Waals surface area (Å²) in [6.07, 6.45) is 0. The Balaban J connectivity index is 2.56. The van der Waals surface area contributed by atoms with Gasteiger partial charge < -0.3 is 0 Å². The van der Waals surface area contributed by atoms with E-state index in [0.717, 1.165) is 6.54 Å². The molecule has 0 radical (unpaired) electrons. The van der Waals surface area contributed by atoms with Gasteiger partial charge in [-0.2, -0.15) is 5.26 Å². The number of rotatable bonds is 0. The van der Waals surface area contributed by atoms with Crippen molar-refractivity contribution in [2.45, 2.75) is 0 Å². The molecule has 0 aromatic rings. The Kier molecular flexibility index (Phi) is 1.78. The Bertz CT molecular complexity index is 166. The maximum absolute atomic E-state index is 8.35.